The van der Waals surface area contributed by atoms with E-state index in [-0.39, 0.29) is 10.3 Å². The molecule has 0 heterocycles. The van der Waals surface area contributed by atoms with Crippen molar-refractivity contribution in [1.82, 2.24) is 0 Å². The SMILES string of the molecule is CCCCC(Cl)CC(C)(C)Cl. The maximum absolute atomic E-state index is 6.06. The number of rotatable bonds is 5. The molecule has 1 atom stereocenters. The van der Waals surface area contributed by atoms with Crippen LogP contribution in [0.2, 0.25) is 0 Å². The number of hydrogen-bond acceptors (Lipinski definition) is 0. The maximum atomic E-state index is 6.06. The highest BCUT2D eigenvalue weighted by Crippen LogP contribution is 2.25. The summed E-state index contributed by atoms with van der Waals surface area (Å²) in [5.41, 5.74) is 0. The van der Waals surface area contributed by atoms with Crippen molar-refractivity contribution in [3.63, 3.8) is 0 Å². The fourth-order valence-electron chi connectivity index (χ4n) is 1.05. The minimum absolute atomic E-state index is 0.139. The van der Waals surface area contributed by atoms with E-state index in [1.165, 1.54) is 12.8 Å². The lowest BCUT2D eigenvalue weighted by molar-refractivity contribution is 0.559. The van der Waals surface area contributed by atoms with Crippen molar-refractivity contribution in [2.24, 2.45) is 0 Å². The average Bonchev–Trinajstić information content (AvgIpc) is 1.79. The molecule has 0 spiro atoms. The van der Waals surface area contributed by atoms with Crippen LogP contribution in [0, 0.1) is 0 Å². The molecular weight excluding hydrogens is 179 g/mol. The lowest BCUT2D eigenvalue weighted by Gasteiger charge is -2.19. The van der Waals surface area contributed by atoms with Crippen molar-refractivity contribution in [2.75, 3.05) is 0 Å². The van der Waals surface area contributed by atoms with Crippen LogP contribution in [0.1, 0.15) is 46.5 Å². The van der Waals surface area contributed by atoms with Gasteiger partial charge < -0.3 is 0 Å². The molecule has 0 aliphatic rings. The molecule has 0 amide bonds. The highest BCUT2D eigenvalue weighted by molar-refractivity contribution is 6.25. The Morgan fingerprint density at radius 3 is 2.27 bits per heavy atom. The van der Waals surface area contributed by atoms with Gasteiger partial charge in [-0.3, -0.25) is 0 Å². The molecule has 0 aromatic rings. The second-order valence-electron chi connectivity index (χ2n) is 3.66. The molecule has 0 rings (SSSR count). The van der Waals surface area contributed by atoms with Gasteiger partial charge >= 0.3 is 0 Å². The summed E-state index contributed by atoms with van der Waals surface area (Å²) < 4.78 is 0. The van der Waals surface area contributed by atoms with E-state index in [0.717, 1.165) is 12.8 Å². The van der Waals surface area contributed by atoms with Gasteiger partial charge in [-0.15, -0.1) is 23.2 Å². The van der Waals surface area contributed by atoms with Gasteiger partial charge in [0.05, 0.1) is 0 Å². The van der Waals surface area contributed by atoms with Crippen molar-refractivity contribution in [2.45, 2.75) is 56.7 Å². The molecule has 2 heteroatoms. The van der Waals surface area contributed by atoms with Gasteiger partial charge in [0.25, 0.3) is 0 Å². The van der Waals surface area contributed by atoms with Crippen molar-refractivity contribution >= 4 is 23.2 Å². The van der Waals surface area contributed by atoms with Crippen molar-refractivity contribution < 1.29 is 0 Å². The fourth-order valence-corrected chi connectivity index (χ4v) is 1.86. The van der Waals surface area contributed by atoms with E-state index in [1.807, 2.05) is 13.8 Å². The van der Waals surface area contributed by atoms with Crippen LogP contribution in [0.15, 0.2) is 0 Å². The van der Waals surface area contributed by atoms with Gasteiger partial charge in [0.2, 0.25) is 0 Å². The molecule has 0 N–H and O–H groups in total. The van der Waals surface area contributed by atoms with Gasteiger partial charge in [0.1, 0.15) is 0 Å². The highest BCUT2D eigenvalue weighted by atomic mass is 35.5. The first-order chi connectivity index (χ1) is 4.95. The summed E-state index contributed by atoms with van der Waals surface area (Å²) in [6.45, 7) is 6.20. The second-order valence-corrected chi connectivity index (χ2v) is 5.30. The lowest BCUT2D eigenvalue weighted by atomic mass is 10.0. The van der Waals surface area contributed by atoms with E-state index in [9.17, 15) is 0 Å². The van der Waals surface area contributed by atoms with Crippen LogP contribution in [0.5, 0.6) is 0 Å². The predicted molar refractivity (Wildman–Crippen MR) is 53.7 cm³/mol. The Labute approximate surface area is 80.3 Å². The Bertz CT molecular complexity index is 94.2. The molecule has 11 heavy (non-hydrogen) atoms. The summed E-state index contributed by atoms with van der Waals surface area (Å²) in [5, 5.41) is 0.252. The first-order valence-corrected chi connectivity index (χ1v) is 5.10. The molecule has 0 bridgehead atoms. The Morgan fingerprint density at radius 2 is 1.91 bits per heavy atom. The third-order valence-corrected chi connectivity index (χ3v) is 2.10. The van der Waals surface area contributed by atoms with E-state index in [0.29, 0.717) is 0 Å². The molecule has 0 radical (unpaired) electrons. The number of hydrogen-bond donors (Lipinski definition) is 0. The number of halogens is 2. The zero-order valence-electron chi connectivity index (χ0n) is 7.66. The van der Waals surface area contributed by atoms with Crippen molar-refractivity contribution in [1.29, 1.82) is 0 Å². The summed E-state index contributed by atoms with van der Waals surface area (Å²) in [4.78, 5) is -0.139. The Balaban J connectivity index is 3.44. The smallest absolute Gasteiger partial charge is 0.0404 e. The quantitative estimate of drug-likeness (QED) is 0.579. The van der Waals surface area contributed by atoms with Crippen LogP contribution in [0.3, 0.4) is 0 Å². The molecule has 0 aromatic carbocycles. The first kappa shape index (κ1) is 11.6. The largest absolute Gasteiger partial charge is 0.123 e. The summed E-state index contributed by atoms with van der Waals surface area (Å²) in [6.07, 6.45) is 4.41. The van der Waals surface area contributed by atoms with Crippen LogP contribution < -0.4 is 0 Å². The average molecular weight is 197 g/mol. The standard InChI is InChI=1S/C9H18Cl2/c1-4-5-6-8(10)7-9(2,3)11/h8H,4-7H2,1-3H3. The minimum Gasteiger partial charge on any atom is -0.123 e. The molecule has 0 fully saturated rings. The zero-order chi connectivity index (χ0) is 8.91. The summed E-state index contributed by atoms with van der Waals surface area (Å²) in [5.74, 6) is 0. The molecule has 0 aliphatic carbocycles. The van der Waals surface area contributed by atoms with E-state index in [1.54, 1.807) is 0 Å². The second kappa shape index (κ2) is 5.27. The maximum Gasteiger partial charge on any atom is 0.0404 e. The third kappa shape index (κ3) is 8.49. The van der Waals surface area contributed by atoms with E-state index in [2.05, 4.69) is 6.92 Å². The zero-order valence-corrected chi connectivity index (χ0v) is 9.17. The van der Waals surface area contributed by atoms with Gasteiger partial charge in [-0.1, -0.05) is 19.8 Å². The van der Waals surface area contributed by atoms with Gasteiger partial charge in [-0.25, -0.2) is 0 Å². The van der Waals surface area contributed by atoms with Gasteiger partial charge in [0, 0.05) is 10.3 Å². The molecule has 1 unspecified atom stereocenters. The lowest BCUT2D eigenvalue weighted by Crippen LogP contribution is -2.16. The number of unbranched alkanes of at least 4 members (excludes halogenated alkanes) is 1. The van der Waals surface area contributed by atoms with Crippen LogP contribution in [0.25, 0.3) is 0 Å². The Morgan fingerprint density at radius 1 is 1.36 bits per heavy atom. The van der Waals surface area contributed by atoms with Crippen LogP contribution in [-0.2, 0) is 0 Å². The molecule has 0 saturated heterocycles. The minimum atomic E-state index is -0.139. The van der Waals surface area contributed by atoms with Gasteiger partial charge in [-0.2, -0.15) is 0 Å². The molecule has 0 aromatic heterocycles. The van der Waals surface area contributed by atoms with Crippen molar-refractivity contribution in [3.05, 3.63) is 0 Å². The highest BCUT2D eigenvalue weighted by Gasteiger charge is 2.18. The fraction of sp³-hybridized carbons (Fsp3) is 1.00. The summed E-state index contributed by atoms with van der Waals surface area (Å²) in [6, 6.07) is 0. The number of alkyl halides is 2. The van der Waals surface area contributed by atoms with E-state index in [4.69, 9.17) is 23.2 Å². The Kier molecular flexibility index (Phi) is 5.54. The third-order valence-electron chi connectivity index (χ3n) is 1.58. The van der Waals surface area contributed by atoms with Gasteiger partial charge in [-0.05, 0) is 26.7 Å². The molecule has 0 nitrogen and oxygen atoms in total. The van der Waals surface area contributed by atoms with E-state index >= 15 is 0 Å². The topological polar surface area (TPSA) is 0 Å². The van der Waals surface area contributed by atoms with Crippen LogP contribution >= 0.6 is 23.2 Å². The molecule has 0 aliphatic heterocycles. The molecular formula is C9H18Cl2. The first-order valence-electron chi connectivity index (χ1n) is 4.28. The van der Waals surface area contributed by atoms with Crippen molar-refractivity contribution in [3.8, 4) is 0 Å². The predicted octanol–water partition coefficient (Wildman–Crippen LogP) is 4.19. The molecule has 68 valence electrons. The normalized spacial score (nSPS) is 15.0. The molecule has 0 saturated carbocycles. The van der Waals surface area contributed by atoms with Gasteiger partial charge in [0.15, 0.2) is 0 Å². The monoisotopic (exact) mass is 196 g/mol. The summed E-state index contributed by atoms with van der Waals surface area (Å²) >= 11 is 12.1. The van der Waals surface area contributed by atoms with Crippen LogP contribution in [0.4, 0.5) is 0 Å². The Hall–Kier alpha value is 0.580. The van der Waals surface area contributed by atoms with E-state index < -0.39 is 0 Å². The summed E-state index contributed by atoms with van der Waals surface area (Å²) in [7, 11) is 0. The van der Waals surface area contributed by atoms with Crippen LogP contribution in [-0.4, -0.2) is 10.3 Å².